The van der Waals surface area contributed by atoms with Gasteiger partial charge in [0.2, 0.25) is 0 Å². The standard InChI is InChI=1S/C14H17BrClNO/c1-9-4-2-6-11(13(9)16)14(18)17-12-7-3-5-10(12)8-15/h2,4,6,10,12H,3,5,7-8H2,1H3,(H,17,18). The van der Waals surface area contributed by atoms with Gasteiger partial charge in [-0.25, -0.2) is 0 Å². The molecule has 0 aliphatic heterocycles. The summed E-state index contributed by atoms with van der Waals surface area (Å²) in [5.41, 5.74) is 1.52. The smallest absolute Gasteiger partial charge is 0.253 e. The molecule has 1 fully saturated rings. The molecule has 1 amide bonds. The predicted molar refractivity (Wildman–Crippen MR) is 78.6 cm³/mol. The van der Waals surface area contributed by atoms with E-state index in [9.17, 15) is 4.79 Å². The maximum atomic E-state index is 12.2. The summed E-state index contributed by atoms with van der Waals surface area (Å²) in [7, 11) is 0. The molecule has 98 valence electrons. The number of nitrogens with one attached hydrogen (secondary N) is 1. The van der Waals surface area contributed by atoms with Crippen molar-refractivity contribution in [1.82, 2.24) is 5.32 Å². The fourth-order valence-electron chi connectivity index (χ4n) is 2.48. The predicted octanol–water partition coefficient (Wildman–Crippen LogP) is 3.94. The largest absolute Gasteiger partial charge is 0.349 e. The fourth-order valence-corrected chi connectivity index (χ4v) is 3.47. The molecule has 1 N–H and O–H groups in total. The maximum absolute atomic E-state index is 12.2. The van der Waals surface area contributed by atoms with E-state index in [4.69, 9.17) is 11.6 Å². The first-order chi connectivity index (χ1) is 8.63. The summed E-state index contributed by atoms with van der Waals surface area (Å²) < 4.78 is 0. The van der Waals surface area contributed by atoms with Gasteiger partial charge < -0.3 is 5.32 Å². The third-order valence-corrected chi connectivity index (χ3v) is 4.94. The van der Waals surface area contributed by atoms with Crippen molar-refractivity contribution in [1.29, 1.82) is 0 Å². The lowest BCUT2D eigenvalue weighted by Crippen LogP contribution is -2.38. The van der Waals surface area contributed by atoms with E-state index < -0.39 is 0 Å². The van der Waals surface area contributed by atoms with Crippen LogP contribution in [-0.4, -0.2) is 17.3 Å². The van der Waals surface area contributed by atoms with E-state index in [1.807, 2.05) is 19.1 Å². The normalized spacial score (nSPS) is 23.1. The number of benzene rings is 1. The second-order valence-corrected chi connectivity index (χ2v) is 5.89. The minimum absolute atomic E-state index is 0.0541. The summed E-state index contributed by atoms with van der Waals surface area (Å²) in [6, 6.07) is 5.83. The van der Waals surface area contributed by atoms with Gasteiger partial charge in [0.1, 0.15) is 0 Å². The number of carbonyl (C=O) groups is 1. The molecule has 1 aliphatic carbocycles. The number of amides is 1. The molecule has 0 saturated heterocycles. The molecule has 1 saturated carbocycles. The lowest BCUT2D eigenvalue weighted by molar-refractivity contribution is 0.0930. The summed E-state index contributed by atoms with van der Waals surface area (Å²) in [5, 5.41) is 4.61. The Morgan fingerprint density at radius 3 is 3.00 bits per heavy atom. The monoisotopic (exact) mass is 329 g/mol. The first-order valence-electron chi connectivity index (χ1n) is 6.25. The van der Waals surface area contributed by atoms with E-state index in [2.05, 4.69) is 21.2 Å². The lowest BCUT2D eigenvalue weighted by atomic mass is 10.1. The third kappa shape index (κ3) is 2.89. The quantitative estimate of drug-likeness (QED) is 0.836. The average Bonchev–Trinajstić information content (AvgIpc) is 2.79. The Morgan fingerprint density at radius 2 is 2.28 bits per heavy atom. The second kappa shape index (κ2) is 6.07. The Morgan fingerprint density at radius 1 is 1.50 bits per heavy atom. The van der Waals surface area contributed by atoms with E-state index in [-0.39, 0.29) is 11.9 Å². The van der Waals surface area contributed by atoms with Gasteiger partial charge in [-0.15, -0.1) is 0 Å². The van der Waals surface area contributed by atoms with E-state index in [1.165, 1.54) is 12.8 Å². The SMILES string of the molecule is Cc1cccc(C(=O)NC2CCCC2CBr)c1Cl. The molecule has 18 heavy (non-hydrogen) atoms. The van der Waals surface area contributed by atoms with Gasteiger partial charge in [-0.05, 0) is 37.3 Å². The van der Waals surface area contributed by atoms with E-state index >= 15 is 0 Å². The molecule has 2 atom stereocenters. The van der Waals surface area contributed by atoms with Crippen LogP contribution in [0.5, 0.6) is 0 Å². The zero-order valence-corrected chi connectivity index (χ0v) is 12.7. The molecular weight excluding hydrogens is 314 g/mol. The highest BCUT2D eigenvalue weighted by Crippen LogP contribution is 2.28. The topological polar surface area (TPSA) is 29.1 Å². The highest BCUT2D eigenvalue weighted by Gasteiger charge is 2.28. The van der Waals surface area contributed by atoms with Crippen LogP contribution in [0.4, 0.5) is 0 Å². The molecule has 0 aromatic heterocycles. The van der Waals surface area contributed by atoms with Crippen molar-refractivity contribution in [3.8, 4) is 0 Å². The van der Waals surface area contributed by atoms with Crippen molar-refractivity contribution >= 4 is 33.4 Å². The molecular formula is C14H17BrClNO. The minimum atomic E-state index is -0.0541. The fraction of sp³-hybridized carbons (Fsp3) is 0.500. The van der Waals surface area contributed by atoms with E-state index in [0.29, 0.717) is 16.5 Å². The van der Waals surface area contributed by atoms with Crippen molar-refractivity contribution < 1.29 is 4.79 Å². The average molecular weight is 331 g/mol. The van der Waals surface area contributed by atoms with Gasteiger partial charge in [-0.3, -0.25) is 4.79 Å². The van der Waals surface area contributed by atoms with Crippen LogP contribution in [0, 0.1) is 12.8 Å². The molecule has 2 rings (SSSR count). The number of carbonyl (C=O) groups excluding carboxylic acids is 1. The molecule has 1 aliphatic rings. The Bertz CT molecular complexity index is 449. The van der Waals surface area contributed by atoms with Crippen LogP contribution in [0.2, 0.25) is 5.02 Å². The summed E-state index contributed by atoms with van der Waals surface area (Å²) in [6.07, 6.45) is 3.42. The van der Waals surface area contributed by atoms with Crippen molar-refractivity contribution in [2.75, 3.05) is 5.33 Å². The molecule has 0 radical (unpaired) electrons. The minimum Gasteiger partial charge on any atom is -0.349 e. The highest BCUT2D eigenvalue weighted by molar-refractivity contribution is 9.09. The summed E-state index contributed by atoms with van der Waals surface area (Å²) in [5.74, 6) is 0.485. The summed E-state index contributed by atoms with van der Waals surface area (Å²) in [4.78, 5) is 12.2. The highest BCUT2D eigenvalue weighted by atomic mass is 79.9. The van der Waals surface area contributed by atoms with Crippen LogP contribution in [0.25, 0.3) is 0 Å². The zero-order chi connectivity index (χ0) is 13.1. The molecule has 1 aromatic rings. The van der Waals surface area contributed by atoms with Crippen LogP contribution < -0.4 is 5.32 Å². The molecule has 2 nitrogen and oxygen atoms in total. The van der Waals surface area contributed by atoms with E-state index in [1.54, 1.807) is 6.07 Å². The molecule has 0 heterocycles. The maximum Gasteiger partial charge on any atom is 0.253 e. The zero-order valence-electron chi connectivity index (χ0n) is 10.4. The Balaban J connectivity index is 2.10. The number of hydrogen-bond acceptors (Lipinski definition) is 1. The van der Waals surface area contributed by atoms with Crippen LogP contribution in [-0.2, 0) is 0 Å². The molecule has 0 spiro atoms. The number of hydrogen-bond donors (Lipinski definition) is 1. The van der Waals surface area contributed by atoms with Gasteiger partial charge in [0.05, 0.1) is 10.6 Å². The number of halogens is 2. The van der Waals surface area contributed by atoms with Crippen molar-refractivity contribution in [2.24, 2.45) is 5.92 Å². The van der Waals surface area contributed by atoms with Gasteiger partial charge >= 0.3 is 0 Å². The van der Waals surface area contributed by atoms with Crippen molar-refractivity contribution in [3.63, 3.8) is 0 Å². The number of rotatable bonds is 3. The van der Waals surface area contributed by atoms with Crippen LogP contribution in [0.1, 0.15) is 35.2 Å². The first kappa shape index (κ1) is 13.9. The third-order valence-electron chi connectivity index (χ3n) is 3.61. The number of alkyl halides is 1. The van der Waals surface area contributed by atoms with E-state index in [0.717, 1.165) is 17.3 Å². The Labute approximate surface area is 121 Å². The van der Waals surface area contributed by atoms with Gasteiger partial charge in [-0.1, -0.05) is 46.1 Å². The Hall–Kier alpha value is -0.540. The van der Waals surface area contributed by atoms with Gasteiger partial charge in [0.25, 0.3) is 5.91 Å². The summed E-state index contributed by atoms with van der Waals surface area (Å²) >= 11 is 9.69. The molecule has 1 aromatic carbocycles. The first-order valence-corrected chi connectivity index (χ1v) is 7.75. The number of aryl methyl sites for hydroxylation is 1. The lowest BCUT2D eigenvalue weighted by Gasteiger charge is -2.19. The van der Waals surface area contributed by atoms with Crippen LogP contribution in [0.15, 0.2) is 18.2 Å². The van der Waals surface area contributed by atoms with Gasteiger partial charge in [0.15, 0.2) is 0 Å². The van der Waals surface area contributed by atoms with Gasteiger partial charge in [0, 0.05) is 11.4 Å². The molecule has 4 heteroatoms. The van der Waals surface area contributed by atoms with Crippen LogP contribution >= 0.6 is 27.5 Å². The van der Waals surface area contributed by atoms with Gasteiger partial charge in [-0.2, -0.15) is 0 Å². The van der Waals surface area contributed by atoms with Crippen molar-refractivity contribution in [3.05, 3.63) is 34.3 Å². The Kier molecular flexibility index (Phi) is 4.68. The second-order valence-electron chi connectivity index (χ2n) is 4.86. The van der Waals surface area contributed by atoms with Crippen LogP contribution in [0.3, 0.4) is 0 Å². The van der Waals surface area contributed by atoms with Crippen molar-refractivity contribution in [2.45, 2.75) is 32.2 Å². The summed E-state index contributed by atoms with van der Waals surface area (Å²) in [6.45, 7) is 1.91. The molecule has 2 unspecified atom stereocenters. The molecule has 0 bridgehead atoms.